The van der Waals surface area contributed by atoms with Crippen LogP contribution in [-0.4, -0.2) is 0 Å². The molecule has 7 rings (SSSR count). The molecule has 0 radical (unpaired) electrons. The van der Waals surface area contributed by atoms with Gasteiger partial charge in [-0.1, -0.05) is 147 Å². The largest absolute Gasteiger partial charge is 0.0776 e. The van der Waals surface area contributed by atoms with Crippen molar-refractivity contribution in [3.05, 3.63) is 146 Å². The van der Waals surface area contributed by atoms with Crippen LogP contribution in [0.3, 0.4) is 0 Å². The first-order valence-corrected chi connectivity index (χ1v) is 12.5. The van der Waals surface area contributed by atoms with Crippen molar-refractivity contribution in [3.8, 4) is 33.4 Å². The number of rotatable bonds is 3. The van der Waals surface area contributed by atoms with Crippen molar-refractivity contribution >= 4 is 32.3 Å². The number of hydrogen-bond acceptors (Lipinski definition) is 0. The first-order chi connectivity index (χ1) is 17.9. The third kappa shape index (κ3) is 3.88. The van der Waals surface area contributed by atoms with Crippen LogP contribution in [-0.2, 0) is 0 Å². The van der Waals surface area contributed by atoms with Gasteiger partial charge in [0.15, 0.2) is 0 Å². The van der Waals surface area contributed by atoms with Crippen LogP contribution in [0.25, 0.3) is 65.7 Å². The van der Waals surface area contributed by atoms with Gasteiger partial charge in [-0.2, -0.15) is 0 Å². The molecule has 7 aromatic rings. The number of fused-ring (bicyclic) bond motifs is 3. The topological polar surface area (TPSA) is 0 Å². The Kier molecular flexibility index (Phi) is 5.79. The van der Waals surface area contributed by atoms with Crippen LogP contribution in [0, 0.1) is 0 Å². The summed E-state index contributed by atoms with van der Waals surface area (Å²) in [6, 6.07) is 52.7. The van der Waals surface area contributed by atoms with Crippen molar-refractivity contribution in [2.75, 3.05) is 0 Å². The molecule has 0 saturated heterocycles. The van der Waals surface area contributed by atoms with E-state index in [0.29, 0.717) is 0 Å². The molecule has 0 heteroatoms. The molecule has 0 aliphatic heterocycles. The lowest BCUT2D eigenvalue weighted by molar-refractivity contribution is 1.62. The predicted octanol–water partition coefficient (Wildman–Crippen LogP) is 10.8. The summed E-state index contributed by atoms with van der Waals surface area (Å²) in [6.45, 7) is 0. The quantitative estimate of drug-likeness (QED) is 0.224. The van der Waals surface area contributed by atoms with Crippen molar-refractivity contribution < 1.29 is 0 Å². The van der Waals surface area contributed by atoms with Crippen molar-refractivity contribution in [1.82, 2.24) is 0 Å². The van der Waals surface area contributed by atoms with Crippen molar-refractivity contribution in [2.24, 2.45) is 0 Å². The number of benzene rings is 7. The minimum absolute atomic E-state index is 0. The second-order valence-corrected chi connectivity index (χ2v) is 9.35. The molecule has 0 atom stereocenters. The SMILES string of the molecule is C.c1ccc(-c2c3ccccc3c(-c3ccc(-c4ccc5ccccc5c4)cc3)c3ccccc23)cc1. The molecule has 7 aromatic carbocycles. The third-order valence-corrected chi connectivity index (χ3v) is 7.25. The van der Waals surface area contributed by atoms with E-state index in [0.717, 1.165) is 0 Å². The molecule has 176 valence electrons. The molecule has 0 bridgehead atoms. The van der Waals surface area contributed by atoms with Crippen molar-refractivity contribution in [3.63, 3.8) is 0 Å². The minimum Gasteiger partial charge on any atom is -0.0776 e. The fourth-order valence-corrected chi connectivity index (χ4v) is 5.55. The van der Waals surface area contributed by atoms with Crippen LogP contribution < -0.4 is 0 Å². The van der Waals surface area contributed by atoms with Gasteiger partial charge in [-0.3, -0.25) is 0 Å². The van der Waals surface area contributed by atoms with Crippen LogP contribution >= 0.6 is 0 Å². The van der Waals surface area contributed by atoms with Gasteiger partial charge in [0.2, 0.25) is 0 Å². The molecule has 0 N–H and O–H groups in total. The molecule has 0 spiro atoms. The predicted molar refractivity (Wildman–Crippen MR) is 162 cm³/mol. The summed E-state index contributed by atoms with van der Waals surface area (Å²) < 4.78 is 0. The molecule has 0 nitrogen and oxygen atoms in total. The minimum atomic E-state index is 0. The normalized spacial score (nSPS) is 11.0. The Hall–Kier alpha value is -4.68. The summed E-state index contributed by atoms with van der Waals surface area (Å²) in [6.07, 6.45) is 0. The molecule has 0 fully saturated rings. The summed E-state index contributed by atoms with van der Waals surface area (Å²) in [4.78, 5) is 0. The molecule has 0 aliphatic rings. The molecular formula is C37H28. The maximum Gasteiger partial charge on any atom is -0.00264 e. The van der Waals surface area contributed by atoms with E-state index in [-0.39, 0.29) is 7.43 Å². The molecule has 0 amide bonds. The Morgan fingerprint density at radius 3 is 1.24 bits per heavy atom. The van der Waals surface area contributed by atoms with Crippen LogP contribution in [0.1, 0.15) is 7.43 Å². The molecule has 0 aromatic heterocycles. The first-order valence-electron chi connectivity index (χ1n) is 12.5. The van der Waals surface area contributed by atoms with Gasteiger partial charge < -0.3 is 0 Å². The van der Waals surface area contributed by atoms with E-state index < -0.39 is 0 Å². The van der Waals surface area contributed by atoms with Gasteiger partial charge in [-0.05, 0) is 71.8 Å². The highest BCUT2D eigenvalue weighted by atomic mass is 14.2. The van der Waals surface area contributed by atoms with Crippen LogP contribution in [0.15, 0.2) is 146 Å². The lowest BCUT2D eigenvalue weighted by Gasteiger charge is -2.18. The zero-order chi connectivity index (χ0) is 23.9. The van der Waals surface area contributed by atoms with Gasteiger partial charge in [-0.25, -0.2) is 0 Å². The smallest absolute Gasteiger partial charge is 0.00264 e. The highest BCUT2D eigenvalue weighted by Crippen LogP contribution is 2.43. The molecule has 0 saturated carbocycles. The fourth-order valence-electron chi connectivity index (χ4n) is 5.55. The van der Waals surface area contributed by atoms with Crippen LogP contribution in [0.5, 0.6) is 0 Å². The summed E-state index contributed by atoms with van der Waals surface area (Å²) in [5, 5.41) is 7.69. The highest BCUT2D eigenvalue weighted by molar-refractivity contribution is 6.21. The van der Waals surface area contributed by atoms with Gasteiger partial charge in [0.05, 0.1) is 0 Å². The Morgan fingerprint density at radius 2 is 0.676 bits per heavy atom. The average molecular weight is 473 g/mol. The van der Waals surface area contributed by atoms with E-state index in [4.69, 9.17) is 0 Å². The van der Waals surface area contributed by atoms with Crippen LogP contribution in [0.4, 0.5) is 0 Å². The maximum absolute atomic E-state index is 2.28. The Morgan fingerprint density at radius 1 is 0.270 bits per heavy atom. The molecule has 0 aliphatic carbocycles. The summed E-state index contributed by atoms with van der Waals surface area (Å²) in [5.74, 6) is 0. The Balaban J connectivity index is 0.00000252. The molecular weight excluding hydrogens is 444 g/mol. The second kappa shape index (κ2) is 9.41. The molecule has 0 heterocycles. The first kappa shape index (κ1) is 22.8. The monoisotopic (exact) mass is 472 g/mol. The lowest BCUT2D eigenvalue weighted by Crippen LogP contribution is -1.90. The van der Waals surface area contributed by atoms with Gasteiger partial charge in [0.1, 0.15) is 0 Å². The van der Waals surface area contributed by atoms with E-state index in [1.807, 2.05) is 0 Å². The highest BCUT2D eigenvalue weighted by Gasteiger charge is 2.16. The summed E-state index contributed by atoms with van der Waals surface area (Å²) in [5.41, 5.74) is 7.58. The van der Waals surface area contributed by atoms with Gasteiger partial charge in [-0.15, -0.1) is 0 Å². The lowest BCUT2D eigenvalue weighted by atomic mass is 9.86. The van der Waals surface area contributed by atoms with E-state index in [9.17, 15) is 0 Å². The Bertz CT molecular complexity index is 1800. The van der Waals surface area contributed by atoms with E-state index in [2.05, 4.69) is 146 Å². The van der Waals surface area contributed by atoms with E-state index in [1.54, 1.807) is 0 Å². The van der Waals surface area contributed by atoms with Gasteiger partial charge in [0, 0.05) is 0 Å². The number of hydrogen-bond donors (Lipinski definition) is 0. The summed E-state index contributed by atoms with van der Waals surface area (Å²) in [7, 11) is 0. The average Bonchev–Trinajstić information content (AvgIpc) is 2.96. The van der Waals surface area contributed by atoms with E-state index >= 15 is 0 Å². The standard InChI is InChI=1S/C36H24.CH4/c1-2-11-27(12-3-1)35-31-14-6-8-16-33(31)36(34-17-9-7-15-32(34)35)28-21-18-26(19-22-28)30-23-20-25-10-4-5-13-29(25)24-30;/h1-24H;1H4. The third-order valence-electron chi connectivity index (χ3n) is 7.25. The van der Waals surface area contributed by atoms with Crippen molar-refractivity contribution in [2.45, 2.75) is 7.43 Å². The zero-order valence-corrected chi connectivity index (χ0v) is 19.9. The second-order valence-electron chi connectivity index (χ2n) is 9.35. The Labute approximate surface area is 218 Å². The fraction of sp³-hybridized carbons (Fsp3) is 0.0270. The maximum atomic E-state index is 2.28. The molecule has 37 heavy (non-hydrogen) atoms. The van der Waals surface area contributed by atoms with Gasteiger partial charge >= 0.3 is 0 Å². The molecule has 0 unspecified atom stereocenters. The summed E-state index contributed by atoms with van der Waals surface area (Å²) >= 11 is 0. The van der Waals surface area contributed by atoms with E-state index in [1.165, 1.54) is 65.7 Å². The zero-order valence-electron chi connectivity index (χ0n) is 19.9. The van der Waals surface area contributed by atoms with Crippen molar-refractivity contribution in [1.29, 1.82) is 0 Å². The van der Waals surface area contributed by atoms with Gasteiger partial charge in [0.25, 0.3) is 0 Å². The van der Waals surface area contributed by atoms with Crippen LogP contribution in [0.2, 0.25) is 0 Å².